The van der Waals surface area contributed by atoms with E-state index in [2.05, 4.69) is 15.8 Å². The number of nitrogens with zero attached hydrogens (tertiary/aromatic N) is 1. The minimum Gasteiger partial charge on any atom is -0.496 e. The monoisotopic (exact) mass is 495 g/mol. The summed E-state index contributed by atoms with van der Waals surface area (Å²) in [5.74, 6) is -1.68. The number of anilines is 1. The van der Waals surface area contributed by atoms with E-state index in [1.165, 1.54) is 20.3 Å². The van der Waals surface area contributed by atoms with Crippen LogP contribution < -0.4 is 25.0 Å². The van der Waals surface area contributed by atoms with Gasteiger partial charge in [0.05, 0.1) is 30.6 Å². The molecule has 2 N–H and O–H groups in total. The minimum absolute atomic E-state index is 0.183. The maximum atomic E-state index is 12.6. The summed E-state index contributed by atoms with van der Waals surface area (Å²) in [6.45, 7) is 1.63. The van der Waals surface area contributed by atoms with Crippen molar-refractivity contribution >= 4 is 40.8 Å². The molecule has 0 saturated carbocycles. The molecular formula is C25H22ClN3O6. The van der Waals surface area contributed by atoms with Crippen LogP contribution in [0.4, 0.5) is 5.69 Å². The topological polar surface area (TPSA) is 115 Å². The number of halogens is 1. The van der Waals surface area contributed by atoms with Crippen LogP contribution in [0.3, 0.4) is 0 Å². The van der Waals surface area contributed by atoms with Gasteiger partial charge in [-0.3, -0.25) is 9.59 Å². The number of methoxy groups -OCH3 is 2. The minimum atomic E-state index is -0.974. The Morgan fingerprint density at radius 2 is 1.51 bits per heavy atom. The molecular weight excluding hydrogens is 474 g/mol. The second-order valence-electron chi connectivity index (χ2n) is 7.03. The Morgan fingerprint density at radius 1 is 0.829 bits per heavy atom. The zero-order chi connectivity index (χ0) is 25.4. The Bertz CT molecular complexity index is 1290. The van der Waals surface area contributed by atoms with Gasteiger partial charge in [0.15, 0.2) is 11.5 Å². The molecule has 0 radical (unpaired) electrons. The van der Waals surface area contributed by atoms with E-state index in [1.807, 2.05) is 0 Å². The highest BCUT2D eigenvalue weighted by atomic mass is 35.5. The zero-order valence-electron chi connectivity index (χ0n) is 19.1. The SMILES string of the molecule is COc1cc(/C(C)=N/NC(=O)C(=O)Nc2ccccc2Cl)ccc1OC(=O)c1ccccc1OC. The molecule has 3 aromatic rings. The molecule has 0 aromatic heterocycles. The normalized spacial score (nSPS) is 10.8. The molecule has 0 bridgehead atoms. The molecule has 2 amide bonds. The summed E-state index contributed by atoms with van der Waals surface area (Å²) >= 11 is 5.98. The van der Waals surface area contributed by atoms with Crippen LogP contribution in [0.2, 0.25) is 5.02 Å². The zero-order valence-corrected chi connectivity index (χ0v) is 19.9. The highest BCUT2D eigenvalue weighted by molar-refractivity contribution is 6.41. The summed E-state index contributed by atoms with van der Waals surface area (Å²) in [6.07, 6.45) is 0. The molecule has 0 aliphatic rings. The van der Waals surface area contributed by atoms with Gasteiger partial charge >= 0.3 is 17.8 Å². The fourth-order valence-corrected chi connectivity index (χ4v) is 3.12. The highest BCUT2D eigenvalue weighted by Gasteiger charge is 2.18. The molecule has 0 aliphatic carbocycles. The average Bonchev–Trinajstić information content (AvgIpc) is 2.88. The van der Waals surface area contributed by atoms with Crippen molar-refractivity contribution in [1.29, 1.82) is 0 Å². The number of para-hydroxylation sites is 2. The van der Waals surface area contributed by atoms with Crippen molar-refractivity contribution in [2.24, 2.45) is 5.10 Å². The number of nitrogens with one attached hydrogen (secondary N) is 2. The second-order valence-corrected chi connectivity index (χ2v) is 7.43. The molecule has 3 aromatic carbocycles. The lowest BCUT2D eigenvalue weighted by Gasteiger charge is -2.12. The Hall–Kier alpha value is -4.37. The van der Waals surface area contributed by atoms with E-state index in [4.69, 9.17) is 25.8 Å². The molecule has 9 nitrogen and oxygen atoms in total. The maximum Gasteiger partial charge on any atom is 0.347 e. The molecule has 10 heteroatoms. The van der Waals surface area contributed by atoms with Crippen molar-refractivity contribution in [2.75, 3.05) is 19.5 Å². The fourth-order valence-electron chi connectivity index (χ4n) is 2.94. The maximum absolute atomic E-state index is 12.6. The first kappa shape index (κ1) is 25.3. The third-order valence-electron chi connectivity index (χ3n) is 4.76. The van der Waals surface area contributed by atoms with Crippen LogP contribution in [0.25, 0.3) is 0 Å². The van der Waals surface area contributed by atoms with Gasteiger partial charge in [-0.1, -0.05) is 35.9 Å². The Kier molecular flexibility index (Phi) is 8.42. The Labute approximate surface area is 206 Å². The van der Waals surface area contributed by atoms with E-state index >= 15 is 0 Å². The van der Waals surface area contributed by atoms with E-state index in [-0.39, 0.29) is 17.1 Å². The largest absolute Gasteiger partial charge is 0.496 e. The first-order valence-electron chi connectivity index (χ1n) is 10.3. The van der Waals surface area contributed by atoms with E-state index in [0.29, 0.717) is 27.7 Å². The van der Waals surface area contributed by atoms with E-state index in [9.17, 15) is 14.4 Å². The lowest BCUT2D eigenvalue weighted by Crippen LogP contribution is -2.33. The van der Waals surface area contributed by atoms with Crippen LogP contribution in [0.15, 0.2) is 71.8 Å². The van der Waals surface area contributed by atoms with E-state index in [1.54, 1.807) is 67.6 Å². The number of hydrogen-bond acceptors (Lipinski definition) is 7. The summed E-state index contributed by atoms with van der Waals surface area (Å²) in [7, 11) is 2.88. The number of rotatable bonds is 7. The number of esters is 1. The molecule has 3 rings (SSSR count). The van der Waals surface area contributed by atoms with Crippen LogP contribution in [0.1, 0.15) is 22.8 Å². The first-order chi connectivity index (χ1) is 16.8. The van der Waals surface area contributed by atoms with Crippen molar-refractivity contribution in [3.8, 4) is 17.2 Å². The van der Waals surface area contributed by atoms with Crippen molar-refractivity contribution in [1.82, 2.24) is 5.43 Å². The Balaban J connectivity index is 1.69. The average molecular weight is 496 g/mol. The lowest BCUT2D eigenvalue weighted by atomic mass is 10.1. The number of amides is 2. The predicted octanol–water partition coefficient (Wildman–Crippen LogP) is 4.06. The van der Waals surface area contributed by atoms with Crippen LogP contribution in [-0.2, 0) is 9.59 Å². The van der Waals surface area contributed by atoms with Gasteiger partial charge in [-0.25, -0.2) is 10.2 Å². The van der Waals surface area contributed by atoms with Gasteiger partial charge in [-0.2, -0.15) is 5.10 Å². The second kappa shape index (κ2) is 11.7. The van der Waals surface area contributed by atoms with Crippen molar-refractivity contribution in [3.63, 3.8) is 0 Å². The number of carbonyl (C=O) groups is 3. The number of benzene rings is 3. The third-order valence-corrected chi connectivity index (χ3v) is 5.09. The number of hydrogen-bond donors (Lipinski definition) is 2. The summed E-state index contributed by atoms with van der Waals surface area (Å²) in [5, 5.41) is 6.67. The summed E-state index contributed by atoms with van der Waals surface area (Å²) < 4.78 is 16.0. The molecule has 0 fully saturated rings. The first-order valence-corrected chi connectivity index (χ1v) is 10.7. The van der Waals surface area contributed by atoms with Gasteiger partial charge in [0, 0.05) is 5.56 Å². The van der Waals surface area contributed by atoms with Gasteiger partial charge in [0.1, 0.15) is 11.3 Å². The van der Waals surface area contributed by atoms with Crippen LogP contribution >= 0.6 is 11.6 Å². The van der Waals surface area contributed by atoms with E-state index in [0.717, 1.165) is 0 Å². The number of carbonyl (C=O) groups excluding carboxylic acids is 3. The molecule has 0 spiro atoms. The predicted molar refractivity (Wildman–Crippen MR) is 131 cm³/mol. The lowest BCUT2D eigenvalue weighted by molar-refractivity contribution is -0.136. The van der Waals surface area contributed by atoms with Crippen molar-refractivity contribution in [3.05, 3.63) is 82.9 Å². The third kappa shape index (κ3) is 6.36. The van der Waals surface area contributed by atoms with Gasteiger partial charge in [-0.15, -0.1) is 0 Å². The molecule has 0 aliphatic heterocycles. The van der Waals surface area contributed by atoms with Crippen LogP contribution in [0.5, 0.6) is 17.2 Å². The molecule has 35 heavy (non-hydrogen) atoms. The standard InChI is InChI=1S/C25H22ClN3O6/c1-15(28-29-24(31)23(30)27-19-10-6-5-9-18(19)26)16-12-13-21(22(14-16)34-3)35-25(32)17-8-4-7-11-20(17)33-2/h4-14H,1-3H3,(H,27,30)(H,29,31)/b28-15+. The van der Waals surface area contributed by atoms with Crippen LogP contribution in [-0.4, -0.2) is 37.7 Å². The quantitative estimate of drug-likeness (QED) is 0.168. The highest BCUT2D eigenvalue weighted by Crippen LogP contribution is 2.30. The van der Waals surface area contributed by atoms with Gasteiger partial charge < -0.3 is 19.5 Å². The number of hydrazone groups is 1. The van der Waals surface area contributed by atoms with Gasteiger partial charge in [-0.05, 0) is 49.4 Å². The molecule has 180 valence electrons. The molecule has 0 unspecified atom stereocenters. The van der Waals surface area contributed by atoms with E-state index < -0.39 is 17.8 Å². The summed E-state index contributed by atoms with van der Waals surface area (Å²) in [4.78, 5) is 36.8. The van der Waals surface area contributed by atoms with Crippen molar-refractivity contribution in [2.45, 2.75) is 6.92 Å². The molecule has 0 atom stereocenters. The van der Waals surface area contributed by atoms with Gasteiger partial charge in [0.2, 0.25) is 0 Å². The van der Waals surface area contributed by atoms with Gasteiger partial charge in [0.25, 0.3) is 0 Å². The molecule has 0 heterocycles. The summed E-state index contributed by atoms with van der Waals surface area (Å²) in [6, 6.07) is 17.9. The fraction of sp³-hybridized carbons (Fsp3) is 0.120. The smallest absolute Gasteiger partial charge is 0.347 e. The Morgan fingerprint density at radius 3 is 2.23 bits per heavy atom. The molecule has 0 saturated heterocycles. The van der Waals surface area contributed by atoms with Crippen LogP contribution in [0, 0.1) is 0 Å². The summed E-state index contributed by atoms with van der Waals surface area (Å²) in [5.41, 5.74) is 3.70. The number of ether oxygens (including phenoxy) is 3. The van der Waals surface area contributed by atoms with Crippen molar-refractivity contribution < 1.29 is 28.6 Å².